The van der Waals surface area contributed by atoms with Crippen molar-refractivity contribution >= 4 is 17.8 Å². The van der Waals surface area contributed by atoms with E-state index in [0.717, 1.165) is 18.9 Å². The first-order valence-corrected chi connectivity index (χ1v) is 9.22. The Morgan fingerprint density at radius 1 is 1.25 bits per heavy atom. The molecular formula is C20H24FN3O4. The second-order valence-corrected chi connectivity index (χ2v) is 7.23. The van der Waals surface area contributed by atoms with Crippen LogP contribution >= 0.6 is 0 Å². The van der Waals surface area contributed by atoms with Crippen LogP contribution in [-0.4, -0.2) is 36.0 Å². The average molecular weight is 389 g/mol. The van der Waals surface area contributed by atoms with E-state index < -0.39 is 41.8 Å². The summed E-state index contributed by atoms with van der Waals surface area (Å²) in [4.78, 5) is 36.7. The second kappa shape index (κ2) is 9.31. The van der Waals surface area contributed by atoms with Crippen molar-refractivity contribution in [1.29, 1.82) is 5.26 Å². The summed E-state index contributed by atoms with van der Waals surface area (Å²) in [5, 5.41) is 14.4. The van der Waals surface area contributed by atoms with Crippen molar-refractivity contribution in [3.05, 3.63) is 35.6 Å². The number of halogens is 1. The van der Waals surface area contributed by atoms with Crippen LogP contribution in [0.5, 0.6) is 0 Å². The number of nitrogens with zero attached hydrogens (tertiary/aromatic N) is 1. The molecule has 1 saturated carbocycles. The summed E-state index contributed by atoms with van der Waals surface area (Å²) in [6.07, 6.45) is 2.84. The predicted octanol–water partition coefficient (Wildman–Crippen LogP) is 2.08. The molecule has 0 spiro atoms. The third-order valence-corrected chi connectivity index (χ3v) is 4.72. The fourth-order valence-corrected chi connectivity index (χ4v) is 3.13. The van der Waals surface area contributed by atoms with E-state index in [9.17, 15) is 24.0 Å². The molecule has 1 aliphatic rings. The van der Waals surface area contributed by atoms with Gasteiger partial charge in [-0.3, -0.25) is 9.59 Å². The quantitative estimate of drug-likeness (QED) is 0.694. The molecular weight excluding hydrogens is 365 g/mol. The van der Waals surface area contributed by atoms with Crippen molar-refractivity contribution in [2.45, 2.75) is 51.1 Å². The number of ether oxygens (including phenoxy) is 1. The summed E-state index contributed by atoms with van der Waals surface area (Å²) in [5.74, 6) is -3.15. The van der Waals surface area contributed by atoms with Crippen molar-refractivity contribution in [2.24, 2.45) is 5.92 Å². The van der Waals surface area contributed by atoms with E-state index in [0.29, 0.717) is 12.8 Å². The molecule has 0 saturated heterocycles. The van der Waals surface area contributed by atoms with E-state index in [1.807, 2.05) is 0 Å². The molecule has 1 atom stereocenters. The highest BCUT2D eigenvalue weighted by atomic mass is 19.1. The lowest BCUT2D eigenvalue weighted by Gasteiger charge is -2.23. The van der Waals surface area contributed by atoms with Gasteiger partial charge in [0.2, 0.25) is 0 Å². The van der Waals surface area contributed by atoms with Gasteiger partial charge in [0, 0.05) is 0 Å². The van der Waals surface area contributed by atoms with Crippen LogP contribution in [0.1, 0.15) is 49.9 Å². The van der Waals surface area contributed by atoms with Gasteiger partial charge in [-0.2, -0.15) is 5.26 Å². The molecule has 1 aromatic rings. The molecule has 2 amide bonds. The van der Waals surface area contributed by atoms with Crippen LogP contribution in [0.2, 0.25) is 0 Å². The maximum atomic E-state index is 13.8. The molecule has 0 radical (unpaired) electrons. The topological polar surface area (TPSA) is 108 Å². The predicted molar refractivity (Wildman–Crippen MR) is 98.4 cm³/mol. The minimum Gasteiger partial charge on any atom is -0.454 e. The number of hydrogen-bond donors (Lipinski definition) is 2. The number of hydrogen-bond acceptors (Lipinski definition) is 5. The number of carbonyl (C=O) groups is 3. The molecule has 8 heteroatoms. The van der Waals surface area contributed by atoms with Crippen molar-refractivity contribution < 1.29 is 23.5 Å². The third-order valence-electron chi connectivity index (χ3n) is 4.72. The number of carbonyl (C=O) groups excluding carboxylic acids is 3. The molecule has 1 aliphatic carbocycles. The molecule has 7 nitrogen and oxygen atoms in total. The molecule has 0 heterocycles. The first-order valence-electron chi connectivity index (χ1n) is 9.22. The number of rotatable bonds is 7. The number of benzene rings is 1. The summed E-state index contributed by atoms with van der Waals surface area (Å²) >= 11 is 0. The maximum Gasteiger partial charge on any atom is 0.329 e. The molecule has 0 unspecified atom stereocenters. The Balaban J connectivity index is 1.94. The molecule has 1 aromatic carbocycles. The van der Waals surface area contributed by atoms with Gasteiger partial charge < -0.3 is 15.4 Å². The van der Waals surface area contributed by atoms with Gasteiger partial charge in [-0.1, -0.05) is 26.0 Å². The van der Waals surface area contributed by atoms with Gasteiger partial charge in [0.15, 0.2) is 6.61 Å². The fourth-order valence-electron chi connectivity index (χ4n) is 3.13. The Bertz CT molecular complexity index is 782. The van der Waals surface area contributed by atoms with Crippen LogP contribution in [0.25, 0.3) is 0 Å². The smallest absolute Gasteiger partial charge is 0.329 e. The van der Waals surface area contributed by atoms with Gasteiger partial charge in [0.05, 0.1) is 11.6 Å². The van der Waals surface area contributed by atoms with Gasteiger partial charge in [-0.25, -0.2) is 9.18 Å². The van der Waals surface area contributed by atoms with E-state index in [2.05, 4.69) is 16.7 Å². The number of amides is 2. The van der Waals surface area contributed by atoms with E-state index in [1.165, 1.54) is 18.2 Å². The summed E-state index contributed by atoms with van der Waals surface area (Å²) < 4.78 is 18.8. The molecule has 28 heavy (non-hydrogen) atoms. The highest BCUT2D eigenvalue weighted by Crippen LogP contribution is 2.28. The Morgan fingerprint density at radius 3 is 2.46 bits per heavy atom. The number of esters is 1. The highest BCUT2D eigenvalue weighted by Gasteiger charge is 2.36. The lowest BCUT2D eigenvalue weighted by Crippen LogP contribution is -2.49. The third kappa shape index (κ3) is 5.28. The molecule has 150 valence electrons. The van der Waals surface area contributed by atoms with Gasteiger partial charge in [-0.15, -0.1) is 0 Å². The van der Waals surface area contributed by atoms with Gasteiger partial charge in [-0.05, 0) is 43.7 Å². The minimum atomic E-state index is -1.05. The normalized spacial score (nSPS) is 16.1. The largest absolute Gasteiger partial charge is 0.454 e. The fraction of sp³-hybridized carbons (Fsp3) is 0.500. The van der Waals surface area contributed by atoms with Crippen LogP contribution in [0.3, 0.4) is 0 Å². The molecule has 0 aromatic heterocycles. The van der Waals surface area contributed by atoms with Crippen molar-refractivity contribution in [3.63, 3.8) is 0 Å². The summed E-state index contributed by atoms with van der Waals surface area (Å²) in [7, 11) is 0. The van der Waals surface area contributed by atoms with Crippen molar-refractivity contribution in [2.75, 3.05) is 6.61 Å². The number of nitrogens with one attached hydrogen (secondary N) is 2. The van der Waals surface area contributed by atoms with E-state index >= 15 is 0 Å². The molecule has 1 fully saturated rings. The van der Waals surface area contributed by atoms with E-state index in [-0.39, 0.29) is 11.5 Å². The van der Waals surface area contributed by atoms with Crippen LogP contribution in [0, 0.1) is 23.1 Å². The highest BCUT2D eigenvalue weighted by molar-refractivity contribution is 5.97. The SMILES string of the molecule is CC(C)[C@H](NC(=O)c1ccccc1F)C(=O)OCC(=O)NC1(C#N)CCCC1. The second-order valence-electron chi connectivity index (χ2n) is 7.23. The zero-order chi connectivity index (χ0) is 20.7. The lowest BCUT2D eigenvalue weighted by molar-refractivity contribution is -0.151. The van der Waals surface area contributed by atoms with Crippen LogP contribution < -0.4 is 10.6 Å². The van der Waals surface area contributed by atoms with E-state index in [4.69, 9.17) is 4.74 Å². The Morgan fingerprint density at radius 2 is 1.89 bits per heavy atom. The molecule has 0 aliphatic heterocycles. The number of nitriles is 1. The standard InChI is InChI=1S/C20H24FN3O4/c1-13(2)17(23-18(26)14-7-3-4-8-15(14)21)19(27)28-11-16(25)24-20(12-22)9-5-6-10-20/h3-4,7-8,13,17H,5-6,9-11H2,1-2H3,(H,23,26)(H,24,25)/t17-/m0/s1. The Labute approximate surface area is 163 Å². The van der Waals surface area contributed by atoms with Crippen LogP contribution in [0.4, 0.5) is 4.39 Å². The summed E-state index contributed by atoms with van der Waals surface area (Å²) in [5.41, 5.74) is -1.09. The minimum absolute atomic E-state index is 0.184. The molecule has 0 bridgehead atoms. The van der Waals surface area contributed by atoms with Crippen molar-refractivity contribution in [3.8, 4) is 6.07 Å². The molecule has 2 rings (SSSR count). The van der Waals surface area contributed by atoms with Crippen molar-refractivity contribution in [1.82, 2.24) is 10.6 Å². The Hall–Kier alpha value is -2.95. The van der Waals surface area contributed by atoms with Gasteiger partial charge >= 0.3 is 5.97 Å². The monoisotopic (exact) mass is 389 g/mol. The van der Waals surface area contributed by atoms with Crippen LogP contribution in [-0.2, 0) is 14.3 Å². The first-order chi connectivity index (χ1) is 13.3. The maximum absolute atomic E-state index is 13.8. The summed E-state index contributed by atoms with van der Waals surface area (Å²) in [6, 6.07) is 6.50. The first kappa shape index (κ1) is 21.4. The summed E-state index contributed by atoms with van der Waals surface area (Å²) in [6.45, 7) is 2.83. The zero-order valence-electron chi connectivity index (χ0n) is 16.0. The average Bonchev–Trinajstić information content (AvgIpc) is 3.13. The lowest BCUT2D eigenvalue weighted by atomic mass is 10.00. The van der Waals surface area contributed by atoms with Crippen LogP contribution in [0.15, 0.2) is 24.3 Å². The van der Waals surface area contributed by atoms with E-state index in [1.54, 1.807) is 13.8 Å². The zero-order valence-corrected chi connectivity index (χ0v) is 16.0. The van der Waals surface area contributed by atoms with Gasteiger partial charge in [0.1, 0.15) is 17.4 Å². The Kier molecular flexibility index (Phi) is 7.10. The van der Waals surface area contributed by atoms with Gasteiger partial charge in [0.25, 0.3) is 11.8 Å². The molecule has 2 N–H and O–H groups in total.